The van der Waals surface area contributed by atoms with Crippen LogP contribution >= 0.6 is 23.2 Å². The molecule has 0 aromatic carbocycles. The summed E-state index contributed by atoms with van der Waals surface area (Å²) in [4.78, 5) is 0. The van der Waals surface area contributed by atoms with Gasteiger partial charge in [0, 0.05) is 17.2 Å². The Morgan fingerprint density at radius 3 is 2.36 bits per heavy atom. The zero-order chi connectivity index (χ0) is 10.6. The van der Waals surface area contributed by atoms with Gasteiger partial charge in [-0.15, -0.1) is 23.2 Å². The second-order valence-electron chi connectivity index (χ2n) is 4.09. The van der Waals surface area contributed by atoms with Gasteiger partial charge in [-0.2, -0.15) is 0 Å². The van der Waals surface area contributed by atoms with Gasteiger partial charge in [-0.05, 0) is 24.0 Å². The van der Waals surface area contributed by atoms with Crippen LogP contribution in [0, 0.1) is 11.3 Å². The largest absolute Gasteiger partial charge is 0.472 e. The minimum Gasteiger partial charge on any atom is -0.472 e. The van der Waals surface area contributed by atoms with E-state index in [-0.39, 0.29) is 5.41 Å². The first-order valence-electron chi connectivity index (χ1n) is 4.77. The first-order valence-corrected chi connectivity index (χ1v) is 5.84. The van der Waals surface area contributed by atoms with Gasteiger partial charge in [0.25, 0.3) is 0 Å². The van der Waals surface area contributed by atoms with E-state index in [1.807, 2.05) is 6.07 Å². The third-order valence-electron chi connectivity index (χ3n) is 2.89. The van der Waals surface area contributed by atoms with E-state index in [0.29, 0.717) is 17.7 Å². The molecule has 1 nitrogen and oxygen atoms in total. The highest BCUT2D eigenvalue weighted by Crippen LogP contribution is 2.34. The topological polar surface area (TPSA) is 13.1 Å². The molecular weight excluding hydrogens is 219 g/mol. The monoisotopic (exact) mass is 234 g/mol. The minimum atomic E-state index is -0.0208. The minimum absolute atomic E-state index is 0.0208. The zero-order valence-electron chi connectivity index (χ0n) is 8.59. The average Bonchev–Trinajstić information content (AvgIpc) is 2.66. The van der Waals surface area contributed by atoms with E-state index in [1.54, 1.807) is 12.5 Å². The first-order chi connectivity index (χ1) is 6.64. The highest BCUT2D eigenvalue weighted by molar-refractivity contribution is 6.21. The maximum atomic E-state index is 6.02. The lowest BCUT2D eigenvalue weighted by molar-refractivity contribution is 0.258. The molecule has 0 aliphatic carbocycles. The molecule has 1 aromatic heterocycles. The maximum absolute atomic E-state index is 6.02. The molecule has 14 heavy (non-hydrogen) atoms. The Bertz CT molecular complexity index is 250. The summed E-state index contributed by atoms with van der Waals surface area (Å²) in [6, 6.07) is 1.97. The molecule has 0 saturated heterocycles. The molecule has 0 unspecified atom stereocenters. The number of rotatable bonds is 5. The van der Waals surface area contributed by atoms with Gasteiger partial charge in [0.2, 0.25) is 0 Å². The van der Waals surface area contributed by atoms with Crippen LogP contribution in [0.25, 0.3) is 0 Å². The van der Waals surface area contributed by atoms with E-state index in [9.17, 15) is 0 Å². The van der Waals surface area contributed by atoms with Crippen molar-refractivity contribution in [1.82, 2.24) is 0 Å². The van der Waals surface area contributed by atoms with E-state index in [2.05, 4.69) is 13.8 Å². The van der Waals surface area contributed by atoms with Crippen molar-refractivity contribution in [1.29, 1.82) is 0 Å². The molecule has 0 atom stereocenters. The van der Waals surface area contributed by atoms with E-state index >= 15 is 0 Å². The van der Waals surface area contributed by atoms with Gasteiger partial charge in [-0.25, -0.2) is 0 Å². The summed E-state index contributed by atoms with van der Waals surface area (Å²) in [5, 5.41) is 0. The lowest BCUT2D eigenvalue weighted by Crippen LogP contribution is -2.33. The fourth-order valence-corrected chi connectivity index (χ4v) is 2.53. The van der Waals surface area contributed by atoms with Crippen molar-refractivity contribution in [3.63, 3.8) is 0 Å². The number of alkyl halides is 2. The van der Waals surface area contributed by atoms with Crippen molar-refractivity contribution >= 4 is 23.2 Å². The Balaban J connectivity index is 2.78. The summed E-state index contributed by atoms with van der Waals surface area (Å²) in [6.45, 7) is 4.32. The van der Waals surface area contributed by atoms with Gasteiger partial charge >= 0.3 is 0 Å². The Morgan fingerprint density at radius 1 is 1.36 bits per heavy atom. The molecule has 0 bridgehead atoms. The molecule has 80 valence electrons. The second-order valence-corrected chi connectivity index (χ2v) is 4.63. The van der Waals surface area contributed by atoms with Crippen molar-refractivity contribution in [2.24, 2.45) is 11.3 Å². The van der Waals surface area contributed by atoms with Gasteiger partial charge in [0.1, 0.15) is 0 Å². The van der Waals surface area contributed by atoms with Gasteiger partial charge in [-0.3, -0.25) is 0 Å². The van der Waals surface area contributed by atoms with E-state index in [4.69, 9.17) is 27.6 Å². The van der Waals surface area contributed by atoms with Crippen molar-refractivity contribution in [2.45, 2.75) is 20.3 Å². The van der Waals surface area contributed by atoms with Gasteiger partial charge in [-0.1, -0.05) is 13.8 Å². The molecular formula is C11H16Cl2O. The van der Waals surface area contributed by atoms with Crippen LogP contribution in [0.4, 0.5) is 0 Å². The Labute approximate surface area is 95.4 Å². The summed E-state index contributed by atoms with van der Waals surface area (Å²) < 4.78 is 5.04. The van der Waals surface area contributed by atoms with Crippen LogP contribution in [-0.2, 0) is 6.42 Å². The summed E-state index contributed by atoms with van der Waals surface area (Å²) in [5.41, 5.74) is 1.15. The zero-order valence-corrected chi connectivity index (χ0v) is 10.1. The maximum Gasteiger partial charge on any atom is 0.0934 e. The molecule has 0 aliphatic heterocycles. The third kappa shape index (κ3) is 2.46. The molecule has 1 rings (SSSR count). The number of furan rings is 1. The van der Waals surface area contributed by atoms with Gasteiger partial charge in [0.05, 0.1) is 12.5 Å². The smallest absolute Gasteiger partial charge is 0.0934 e. The highest BCUT2D eigenvalue weighted by Gasteiger charge is 2.32. The van der Waals surface area contributed by atoms with Crippen molar-refractivity contribution in [3.05, 3.63) is 24.2 Å². The molecule has 1 heterocycles. The van der Waals surface area contributed by atoms with Crippen LogP contribution in [0.2, 0.25) is 0 Å². The van der Waals surface area contributed by atoms with Crippen LogP contribution in [-0.4, -0.2) is 11.8 Å². The first kappa shape index (κ1) is 11.9. The molecule has 0 spiro atoms. The standard InChI is InChI=1S/C11H16Cl2O/c1-9(2)11(7-12,8-13)5-10-3-4-14-6-10/h3-4,6,9H,5,7-8H2,1-2H3. The summed E-state index contributed by atoms with van der Waals surface area (Å²) in [5.74, 6) is 1.63. The molecule has 0 N–H and O–H groups in total. The normalized spacial score (nSPS) is 12.4. The molecule has 0 aliphatic rings. The molecule has 0 amide bonds. The van der Waals surface area contributed by atoms with Crippen molar-refractivity contribution in [2.75, 3.05) is 11.8 Å². The lowest BCUT2D eigenvalue weighted by atomic mass is 9.76. The summed E-state index contributed by atoms with van der Waals surface area (Å²) in [6.07, 6.45) is 4.33. The van der Waals surface area contributed by atoms with Crippen LogP contribution in [0.15, 0.2) is 23.0 Å². The Kier molecular flexibility index (Phi) is 4.33. The van der Waals surface area contributed by atoms with Crippen molar-refractivity contribution in [3.8, 4) is 0 Å². The van der Waals surface area contributed by atoms with Crippen LogP contribution in [0.3, 0.4) is 0 Å². The predicted octanol–water partition coefficient (Wildman–Crippen LogP) is 3.94. The summed E-state index contributed by atoms with van der Waals surface area (Å²) >= 11 is 12.0. The fourth-order valence-electron chi connectivity index (χ4n) is 1.44. The third-order valence-corrected chi connectivity index (χ3v) is 3.96. The van der Waals surface area contributed by atoms with Crippen LogP contribution in [0.1, 0.15) is 19.4 Å². The quantitative estimate of drug-likeness (QED) is 0.704. The van der Waals surface area contributed by atoms with Gasteiger partial charge < -0.3 is 4.42 Å². The number of halogens is 2. The molecule has 0 saturated carbocycles. The molecule has 0 fully saturated rings. The Morgan fingerprint density at radius 2 is 2.00 bits per heavy atom. The SMILES string of the molecule is CC(C)C(CCl)(CCl)Cc1ccoc1. The van der Waals surface area contributed by atoms with Crippen molar-refractivity contribution < 1.29 is 4.42 Å². The number of hydrogen-bond donors (Lipinski definition) is 0. The molecule has 1 aromatic rings. The molecule has 0 radical (unpaired) electrons. The van der Waals surface area contributed by atoms with Gasteiger partial charge in [0.15, 0.2) is 0 Å². The van der Waals surface area contributed by atoms with Crippen LogP contribution in [0.5, 0.6) is 0 Å². The van der Waals surface area contributed by atoms with Crippen LogP contribution < -0.4 is 0 Å². The van der Waals surface area contributed by atoms with E-state index < -0.39 is 0 Å². The second kappa shape index (κ2) is 5.09. The fraction of sp³-hybridized carbons (Fsp3) is 0.636. The van der Waals surface area contributed by atoms with E-state index in [0.717, 1.165) is 6.42 Å². The molecule has 3 heteroatoms. The summed E-state index contributed by atoms with van der Waals surface area (Å²) in [7, 11) is 0. The lowest BCUT2D eigenvalue weighted by Gasteiger charge is -2.33. The highest BCUT2D eigenvalue weighted by atomic mass is 35.5. The predicted molar refractivity (Wildman–Crippen MR) is 61.1 cm³/mol. The number of hydrogen-bond acceptors (Lipinski definition) is 1. The Hall–Kier alpha value is -0.140. The van der Waals surface area contributed by atoms with E-state index in [1.165, 1.54) is 5.56 Å². The average molecular weight is 235 g/mol.